The van der Waals surface area contributed by atoms with E-state index in [0.717, 1.165) is 39.0 Å². The van der Waals surface area contributed by atoms with Gasteiger partial charge in [-0.3, -0.25) is 67.1 Å². The molecule has 11 atom stereocenters. The molecule has 0 aliphatic heterocycles. The number of aliphatic carboxylic acids is 2. The van der Waals surface area contributed by atoms with Crippen LogP contribution in [0.5, 0.6) is 0 Å². The van der Waals surface area contributed by atoms with Crippen LogP contribution >= 0.6 is 0 Å². The topological polar surface area (TPSA) is 518 Å². The lowest BCUT2D eigenvalue weighted by atomic mass is 9.85. The average Bonchev–Trinajstić information content (AvgIpc) is 3.63. The first-order chi connectivity index (χ1) is 39.6. The molecule has 482 valence electrons. The van der Waals surface area contributed by atoms with E-state index in [1.54, 1.807) is 27.7 Å². The Morgan fingerprint density at radius 2 is 0.847 bits per heavy atom. The molecule has 31 nitrogen and oxygen atoms in total. The van der Waals surface area contributed by atoms with Crippen LogP contribution in [0.1, 0.15) is 146 Å². The van der Waals surface area contributed by atoms with Crippen molar-refractivity contribution in [3.63, 3.8) is 0 Å². The van der Waals surface area contributed by atoms with Crippen LogP contribution in [0.4, 0.5) is 0 Å². The van der Waals surface area contributed by atoms with E-state index in [1.807, 2.05) is 0 Å². The van der Waals surface area contributed by atoms with Crippen molar-refractivity contribution in [2.45, 2.75) is 212 Å². The van der Waals surface area contributed by atoms with Gasteiger partial charge in [0.1, 0.15) is 54.4 Å². The van der Waals surface area contributed by atoms with Gasteiger partial charge < -0.3 is 90.8 Å². The molecule has 1 saturated carbocycles. The number of nitrogens with one attached hydrogen (secondary N) is 10. The smallest absolute Gasteiger partial charge is 0.303 e. The third kappa shape index (κ3) is 28.3. The van der Waals surface area contributed by atoms with Crippen LogP contribution < -0.4 is 70.4 Å². The van der Waals surface area contributed by atoms with Crippen molar-refractivity contribution < 1.29 is 87.5 Å². The third-order valence-electron chi connectivity index (χ3n) is 13.9. The summed E-state index contributed by atoms with van der Waals surface area (Å²) in [4.78, 5) is 182. The number of rotatable bonds is 39. The molecule has 0 aromatic heterocycles. The van der Waals surface area contributed by atoms with Gasteiger partial charge in [0.2, 0.25) is 70.9 Å². The molecular formula is C54H93N13O18. The van der Waals surface area contributed by atoms with E-state index in [0.29, 0.717) is 6.42 Å². The summed E-state index contributed by atoms with van der Waals surface area (Å²) in [5.74, 6) is -16.3. The molecule has 0 aromatic carbocycles. The highest BCUT2D eigenvalue weighted by Gasteiger charge is 2.37. The number of hydrogen-bond acceptors (Lipinski definition) is 17. The van der Waals surface area contributed by atoms with Crippen LogP contribution in [0.3, 0.4) is 0 Å². The van der Waals surface area contributed by atoms with Crippen LogP contribution in [0.2, 0.25) is 0 Å². The zero-order valence-corrected chi connectivity index (χ0v) is 50.1. The number of aliphatic hydroxyl groups is 2. The molecular weight excluding hydrogens is 1120 g/mol. The minimum absolute atomic E-state index is 0.0836. The van der Waals surface area contributed by atoms with E-state index >= 15 is 0 Å². The Balaban J connectivity index is 3.20. The lowest BCUT2D eigenvalue weighted by molar-refractivity contribution is -0.139. The minimum Gasteiger partial charge on any atom is -0.481 e. The van der Waals surface area contributed by atoms with Crippen molar-refractivity contribution in [2.24, 2.45) is 46.8 Å². The number of carbonyl (C=O) groups is 14. The summed E-state index contributed by atoms with van der Waals surface area (Å²) in [6, 6.07) is -14.7. The molecule has 12 amide bonds. The van der Waals surface area contributed by atoms with Crippen LogP contribution in [0.15, 0.2) is 0 Å². The highest BCUT2D eigenvalue weighted by atomic mass is 16.4. The van der Waals surface area contributed by atoms with E-state index < -0.39 is 219 Å². The molecule has 0 spiro atoms. The predicted molar refractivity (Wildman–Crippen MR) is 304 cm³/mol. The summed E-state index contributed by atoms with van der Waals surface area (Å²) < 4.78 is 0. The molecule has 1 rings (SSSR count). The molecule has 20 N–H and O–H groups in total. The van der Waals surface area contributed by atoms with Crippen molar-refractivity contribution >= 4 is 82.8 Å². The third-order valence-corrected chi connectivity index (χ3v) is 13.9. The highest BCUT2D eigenvalue weighted by Crippen LogP contribution is 2.27. The van der Waals surface area contributed by atoms with Crippen LogP contribution in [-0.4, -0.2) is 183 Å². The molecule has 0 heterocycles. The van der Waals surface area contributed by atoms with Crippen molar-refractivity contribution in [1.29, 1.82) is 0 Å². The first kappa shape index (κ1) is 75.5. The summed E-state index contributed by atoms with van der Waals surface area (Å²) >= 11 is 0. The normalized spacial score (nSPS) is 16.5. The Kier molecular flexibility index (Phi) is 33.5. The lowest BCUT2D eigenvalue weighted by Crippen LogP contribution is -2.61. The molecule has 0 radical (unpaired) electrons. The van der Waals surface area contributed by atoms with Crippen molar-refractivity contribution in [3.05, 3.63) is 0 Å². The fourth-order valence-electron chi connectivity index (χ4n) is 9.07. The molecule has 0 bridgehead atoms. The van der Waals surface area contributed by atoms with Gasteiger partial charge in [-0.25, -0.2) is 0 Å². The SMILES string of the molecule is CC(C)C[C@H](NC(=O)[C@H](CCC(N)=O)NC(=O)[C@H](CO)NC(=O)[C@@H](NC(=O)CNC(=O)[C@@H](NC(=O)[C@@H](NC(=O)[C@H](CCC(=O)O)NC(=O)[C@@H](N)CC1CCCCC1)[C@@H](C)O)C(C)C)C(C)C)C(=O)N[C@@H](CCC(=O)O)C(=O)N[C@H](C(N)=O)C(C)C. The average molecular weight is 1210 g/mol. The highest BCUT2D eigenvalue weighted by molar-refractivity contribution is 5.99. The maximum atomic E-state index is 13.9. The van der Waals surface area contributed by atoms with Gasteiger partial charge in [-0.05, 0) is 68.6 Å². The van der Waals surface area contributed by atoms with Gasteiger partial charge in [0.05, 0.1) is 25.3 Å². The molecule has 1 aliphatic carbocycles. The van der Waals surface area contributed by atoms with Crippen molar-refractivity contribution in [2.75, 3.05) is 13.2 Å². The summed E-state index contributed by atoms with van der Waals surface area (Å²) in [7, 11) is 0. The van der Waals surface area contributed by atoms with Crippen molar-refractivity contribution in [3.8, 4) is 0 Å². The van der Waals surface area contributed by atoms with Gasteiger partial charge in [-0.1, -0.05) is 87.5 Å². The van der Waals surface area contributed by atoms with Crippen molar-refractivity contribution in [1.82, 2.24) is 53.2 Å². The first-order valence-electron chi connectivity index (χ1n) is 28.7. The zero-order chi connectivity index (χ0) is 65.0. The maximum Gasteiger partial charge on any atom is 0.303 e. The van der Waals surface area contributed by atoms with Gasteiger partial charge in [0.25, 0.3) is 0 Å². The second-order valence-corrected chi connectivity index (χ2v) is 22.9. The van der Waals surface area contributed by atoms with Crippen LogP contribution in [-0.2, 0) is 67.1 Å². The summed E-state index contributed by atoms with van der Waals surface area (Å²) in [6.45, 7) is 11.9. The van der Waals surface area contributed by atoms with E-state index in [4.69, 9.17) is 17.2 Å². The summed E-state index contributed by atoms with van der Waals surface area (Å²) in [5, 5.41) is 63.4. The molecule has 0 aromatic rings. The van der Waals surface area contributed by atoms with E-state index in [9.17, 15) is 87.5 Å². The maximum absolute atomic E-state index is 13.9. The molecule has 1 aliphatic rings. The Labute approximate surface area is 494 Å². The minimum atomic E-state index is -1.82. The number of amides is 12. The number of primary amides is 2. The van der Waals surface area contributed by atoms with Gasteiger partial charge in [0, 0.05) is 19.3 Å². The van der Waals surface area contributed by atoms with E-state index in [-0.39, 0.29) is 18.3 Å². The molecule has 0 unspecified atom stereocenters. The first-order valence-corrected chi connectivity index (χ1v) is 28.7. The standard InChI is InChI=1S/C54H93N13O18/c1-25(2)21-35(50(81)60-34(17-20-40(74)75)48(79)65-41(26(3)4)45(57)76)62-47(78)32(15-18-37(56)70)61-51(82)36(24-68)63-53(84)43(28(7)8)64-38(71)23-58-52(83)42(27(5)6)66-54(85)44(29(9)69)67-49(80)33(16-19-39(72)73)59-46(77)31(55)22-30-13-11-10-12-14-30/h25-36,41-44,68-69H,10-24,55H2,1-9H3,(H2,56,70)(H2,57,76)(H,58,83)(H,59,77)(H,60,81)(H,61,82)(H,62,78)(H,63,84)(H,64,71)(H,65,79)(H,66,85)(H,67,80)(H,72,73)(H,74,75)/t29-,31+,32+,33+,34+,35+,36+,41+,42+,43+,44+/m1/s1. The zero-order valence-electron chi connectivity index (χ0n) is 50.1. The number of carbonyl (C=O) groups excluding carboxylic acids is 12. The van der Waals surface area contributed by atoms with Crippen LogP contribution in [0, 0.1) is 29.6 Å². The Bertz CT molecular complexity index is 2330. The predicted octanol–water partition coefficient (Wildman–Crippen LogP) is -4.37. The lowest BCUT2D eigenvalue weighted by Gasteiger charge is -2.29. The fraction of sp³-hybridized carbons (Fsp3) is 0.741. The number of carboxylic acids is 2. The second-order valence-electron chi connectivity index (χ2n) is 22.9. The quantitative estimate of drug-likeness (QED) is 0.0276. The largest absolute Gasteiger partial charge is 0.481 e. The number of carboxylic acid groups (broad SMARTS) is 2. The Hall–Kier alpha value is -7.54. The Morgan fingerprint density at radius 3 is 1.28 bits per heavy atom. The summed E-state index contributed by atoms with van der Waals surface area (Å²) in [6.07, 6.45) is 0.545. The number of aliphatic hydroxyl groups excluding tert-OH is 2. The Morgan fingerprint density at radius 1 is 0.459 bits per heavy atom. The van der Waals surface area contributed by atoms with Crippen LogP contribution in [0.25, 0.3) is 0 Å². The van der Waals surface area contributed by atoms with Gasteiger partial charge in [-0.15, -0.1) is 0 Å². The summed E-state index contributed by atoms with van der Waals surface area (Å²) in [5.41, 5.74) is 16.9. The van der Waals surface area contributed by atoms with E-state index in [1.165, 1.54) is 27.7 Å². The number of hydrogen-bond donors (Lipinski definition) is 17. The molecule has 1 fully saturated rings. The molecule has 85 heavy (non-hydrogen) atoms. The van der Waals surface area contributed by atoms with Gasteiger partial charge in [-0.2, -0.15) is 0 Å². The molecule has 0 saturated heterocycles. The number of nitrogens with two attached hydrogens (primary N) is 3. The molecule has 31 heteroatoms. The monoisotopic (exact) mass is 1210 g/mol. The van der Waals surface area contributed by atoms with Gasteiger partial charge >= 0.3 is 11.9 Å². The second kappa shape index (κ2) is 37.7. The van der Waals surface area contributed by atoms with E-state index in [2.05, 4.69) is 53.2 Å². The fourth-order valence-corrected chi connectivity index (χ4v) is 9.07. The van der Waals surface area contributed by atoms with Gasteiger partial charge in [0.15, 0.2) is 0 Å².